The highest BCUT2D eigenvalue weighted by Crippen LogP contribution is 2.35. The lowest BCUT2D eigenvalue weighted by Crippen LogP contribution is -2.35. The predicted octanol–water partition coefficient (Wildman–Crippen LogP) is 3.96. The molecule has 0 bridgehead atoms. The largest absolute Gasteiger partial charge is 0.379 e. The summed E-state index contributed by atoms with van der Waals surface area (Å²) in [5.74, 6) is -0.166. The first-order valence-corrected chi connectivity index (χ1v) is 10.7. The number of alkyl halides is 2. The van der Waals surface area contributed by atoms with Crippen LogP contribution < -0.4 is 5.32 Å². The second-order valence-corrected chi connectivity index (χ2v) is 8.23. The van der Waals surface area contributed by atoms with Crippen molar-refractivity contribution < 1.29 is 22.7 Å². The van der Waals surface area contributed by atoms with E-state index in [1.165, 1.54) is 25.3 Å². The summed E-state index contributed by atoms with van der Waals surface area (Å²) in [4.78, 5) is 13.7. The molecule has 174 valence electrons. The minimum atomic E-state index is -2.77. The van der Waals surface area contributed by atoms with E-state index in [9.17, 15) is 13.6 Å². The molecule has 1 saturated heterocycles. The molecule has 4 heterocycles. The maximum atomic E-state index is 15.0. The molecule has 0 aliphatic carbocycles. The first-order chi connectivity index (χ1) is 15.9. The fourth-order valence-corrected chi connectivity index (χ4v) is 4.44. The molecule has 1 unspecified atom stereocenters. The second-order valence-electron chi connectivity index (χ2n) is 8.23. The number of carbonyl (C=O) groups excluding carboxylic acids is 1. The SMILES string of the molecule is CC(=O)N1CCc2c(c(Nc3ccc(-c4c[nH]nc4C(F)F)cc3F)nn2C2CCOC2)C1. The van der Waals surface area contributed by atoms with Crippen molar-refractivity contribution >= 4 is 17.4 Å². The van der Waals surface area contributed by atoms with Crippen LogP contribution in [-0.4, -0.2) is 50.5 Å². The van der Waals surface area contributed by atoms with Gasteiger partial charge in [-0.2, -0.15) is 10.2 Å². The van der Waals surface area contributed by atoms with E-state index in [1.54, 1.807) is 11.0 Å². The van der Waals surface area contributed by atoms with Gasteiger partial charge in [0.05, 0.1) is 24.9 Å². The Balaban J connectivity index is 1.47. The summed E-state index contributed by atoms with van der Waals surface area (Å²) >= 11 is 0. The van der Waals surface area contributed by atoms with Crippen LogP contribution in [0.1, 0.15) is 42.8 Å². The van der Waals surface area contributed by atoms with Gasteiger partial charge in [0.15, 0.2) is 5.82 Å². The third-order valence-corrected chi connectivity index (χ3v) is 6.19. The smallest absolute Gasteiger partial charge is 0.282 e. The highest BCUT2D eigenvalue weighted by molar-refractivity contribution is 5.75. The first-order valence-electron chi connectivity index (χ1n) is 10.7. The van der Waals surface area contributed by atoms with Crippen LogP contribution in [0.4, 0.5) is 24.7 Å². The molecule has 8 nitrogen and oxygen atoms in total. The minimum absolute atomic E-state index is 0.0333. The third kappa shape index (κ3) is 3.97. The van der Waals surface area contributed by atoms with Crippen molar-refractivity contribution in [1.82, 2.24) is 24.9 Å². The molecule has 11 heteroatoms. The number of amides is 1. The van der Waals surface area contributed by atoms with Crippen molar-refractivity contribution in [2.75, 3.05) is 25.1 Å². The maximum Gasteiger partial charge on any atom is 0.282 e. The molecule has 1 aromatic carbocycles. The van der Waals surface area contributed by atoms with E-state index < -0.39 is 17.9 Å². The number of rotatable bonds is 5. The number of carbonyl (C=O) groups is 1. The van der Waals surface area contributed by atoms with Crippen LogP contribution in [0.15, 0.2) is 24.4 Å². The van der Waals surface area contributed by atoms with Crippen molar-refractivity contribution in [3.05, 3.63) is 47.2 Å². The van der Waals surface area contributed by atoms with Crippen molar-refractivity contribution in [2.24, 2.45) is 0 Å². The molecule has 0 radical (unpaired) electrons. The molecule has 1 amide bonds. The Labute approximate surface area is 187 Å². The summed E-state index contributed by atoms with van der Waals surface area (Å²) in [5.41, 5.74) is 2.04. The van der Waals surface area contributed by atoms with E-state index in [0.717, 1.165) is 17.7 Å². The Hall–Kier alpha value is -3.34. The number of ether oxygens (including phenoxy) is 1. The Morgan fingerprint density at radius 1 is 1.36 bits per heavy atom. The molecular weight excluding hydrogens is 437 g/mol. The molecule has 0 saturated carbocycles. The molecule has 33 heavy (non-hydrogen) atoms. The average molecular weight is 460 g/mol. The number of benzene rings is 1. The Bertz CT molecular complexity index is 1190. The lowest BCUT2D eigenvalue weighted by Gasteiger charge is -2.27. The molecule has 3 aromatic rings. The highest BCUT2D eigenvalue weighted by atomic mass is 19.3. The van der Waals surface area contributed by atoms with Gasteiger partial charge in [-0.1, -0.05) is 6.07 Å². The Morgan fingerprint density at radius 3 is 2.91 bits per heavy atom. The number of aromatic nitrogens is 4. The quantitative estimate of drug-likeness (QED) is 0.602. The topological polar surface area (TPSA) is 88.1 Å². The minimum Gasteiger partial charge on any atom is -0.379 e. The summed E-state index contributed by atoms with van der Waals surface area (Å²) in [6.45, 7) is 3.72. The van der Waals surface area contributed by atoms with Crippen LogP contribution in [0.5, 0.6) is 0 Å². The number of nitrogens with one attached hydrogen (secondary N) is 2. The zero-order valence-electron chi connectivity index (χ0n) is 17.9. The van der Waals surface area contributed by atoms with E-state index in [2.05, 4.69) is 15.5 Å². The van der Waals surface area contributed by atoms with E-state index in [4.69, 9.17) is 9.84 Å². The van der Waals surface area contributed by atoms with Crippen molar-refractivity contribution in [2.45, 2.75) is 38.8 Å². The summed E-state index contributed by atoms with van der Waals surface area (Å²) in [6, 6.07) is 4.33. The van der Waals surface area contributed by atoms with Gasteiger partial charge in [-0.05, 0) is 24.1 Å². The fourth-order valence-electron chi connectivity index (χ4n) is 4.44. The van der Waals surface area contributed by atoms with E-state index in [0.29, 0.717) is 44.1 Å². The summed E-state index contributed by atoms with van der Waals surface area (Å²) in [5, 5.41) is 13.7. The average Bonchev–Trinajstić information content (AvgIpc) is 3.55. The van der Waals surface area contributed by atoms with Crippen LogP contribution in [0.25, 0.3) is 11.1 Å². The summed E-state index contributed by atoms with van der Waals surface area (Å²) < 4.78 is 48.8. The third-order valence-electron chi connectivity index (χ3n) is 6.19. The van der Waals surface area contributed by atoms with Crippen LogP contribution in [0.2, 0.25) is 0 Å². The molecule has 1 atom stereocenters. The number of H-pyrrole nitrogens is 1. The molecule has 2 aliphatic rings. The lowest BCUT2D eigenvalue weighted by molar-refractivity contribution is -0.129. The summed E-state index contributed by atoms with van der Waals surface area (Å²) in [7, 11) is 0. The second kappa shape index (κ2) is 8.54. The standard InChI is InChI=1S/C22H23F3N6O2/c1-12(32)30-6-4-19-16(10-30)22(29-31(19)14-5-7-33-11-14)27-18-3-2-13(8-17(18)23)15-9-26-28-20(15)21(24)25/h2-3,8-9,14,21H,4-7,10-11H2,1H3,(H,26,28)(H,27,29). The zero-order valence-corrected chi connectivity index (χ0v) is 17.9. The number of hydrogen-bond acceptors (Lipinski definition) is 5. The van der Waals surface area contributed by atoms with E-state index in [1.807, 2.05) is 4.68 Å². The van der Waals surface area contributed by atoms with Gasteiger partial charge >= 0.3 is 0 Å². The molecule has 2 aromatic heterocycles. The number of nitrogens with zero attached hydrogens (tertiary/aromatic N) is 4. The van der Waals surface area contributed by atoms with Gasteiger partial charge < -0.3 is 15.0 Å². The maximum absolute atomic E-state index is 15.0. The molecule has 2 aliphatic heterocycles. The predicted molar refractivity (Wildman–Crippen MR) is 114 cm³/mol. The van der Waals surface area contributed by atoms with Gasteiger partial charge in [-0.15, -0.1) is 0 Å². The van der Waals surface area contributed by atoms with Gasteiger partial charge in [-0.3, -0.25) is 14.6 Å². The van der Waals surface area contributed by atoms with Gasteiger partial charge in [0, 0.05) is 49.5 Å². The number of aromatic amines is 1. The number of fused-ring (bicyclic) bond motifs is 1. The molecule has 5 rings (SSSR count). The number of hydrogen-bond donors (Lipinski definition) is 2. The van der Waals surface area contributed by atoms with Gasteiger partial charge in [-0.25, -0.2) is 13.2 Å². The van der Waals surface area contributed by atoms with Gasteiger partial charge in [0.2, 0.25) is 5.91 Å². The van der Waals surface area contributed by atoms with Crippen LogP contribution in [0.3, 0.4) is 0 Å². The normalized spacial score (nSPS) is 18.1. The Kier molecular flexibility index (Phi) is 5.57. The first kappa shape index (κ1) is 21.5. The number of halogens is 3. The van der Waals surface area contributed by atoms with E-state index in [-0.39, 0.29) is 23.2 Å². The van der Waals surface area contributed by atoms with Crippen molar-refractivity contribution in [3.63, 3.8) is 0 Å². The van der Waals surface area contributed by atoms with E-state index >= 15 is 4.39 Å². The highest BCUT2D eigenvalue weighted by Gasteiger charge is 2.30. The monoisotopic (exact) mass is 460 g/mol. The number of anilines is 2. The van der Waals surface area contributed by atoms with Crippen molar-refractivity contribution in [1.29, 1.82) is 0 Å². The molecule has 0 spiro atoms. The fraction of sp³-hybridized carbons (Fsp3) is 0.409. The van der Waals surface area contributed by atoms with Gasteiger partial charge in [0.25, 0.3) is 6.43 Å². The zero-order chi connectivity index (χ0) is 23.1. The van der Waals surface area contributed by atoms with Crippen LogP contribution in [-0.2, 0) is 22.5 Å². The molecular formula is C22H23F3N6O2. The van der Waals surface area contributed by atoms with Gasteiger partial charge in [0.1, 0.15) is 11.5 Å². The summed E-state index contributed by atoms with van der Waals surface area (Å²) in [6.07, 6.45) is 0.0377. The van der Waals surface area contributed by atoms with Crippen LogP contribution in [0, 0.1) is 5.82 Å². The molecule has 1 fully saturated rings. The molecule has 2 N–H and O–H groups in total. The van der Waals surface area contributed by atoms with Crippen LogP contribution >= 0.6 is 0 Å². The Morgan fingerprint density at radius 2 is 2.21 bits per heavy atom. The lowest BCUT2D eigenvalue weighted by atomic mass is 10.0. The van der Waals surface area contributed by atoms with Crippen molar-refractivity contribution in [3.8, 4) is 11.1 Å².